The first-order valence-corrected chi connectivity index (χ1v) is 12.6. The molecule has 1 unspecified atom stereocenters. The summed E-state index contributed by atoms with van der Waals surface area (Å²) in [6.45, 7) is 8.91. The predicted molar refractivity (Wildman–Crippen MR) is 133 cm³/mol. The molecule has 0 saturated carbocycles. The molecule has 1 aliphatic rings. The number of aryl methyl sites for hydroxylation is 1. The fourth-order valence-electron chi connectivity index (χ4n) is 4.10. The van der Waals surface area contributed by atoms with Crippen molar-refractivity contribution in [3.8, 4) is 11.1 Å². The van der Waals surface area contributed by atoms with Crippen LogP contribution in [-0.4, -0.2) is 54.5 Å². The molecule has 5 heterocycles. The summed E-state index contributed by atoms with van der Waals surface area (Å²) in [5.74, 6) is 1.15. The van der Waals surface area contributed by atoms with Crippen LogP contribution in [0, 0.1) is 0 Å². The van der Waals surface area contributed by atoms with Gasteiger partial charge in [-0.05, 0) is 63.5 Å². The number of nitrogens with one attached hydrogen (secondary N) is 1. The van der Waals surface area contributed by atoms with Crippen LogP contribution in [0.15, 0.2) is 36.8 Å². The van der Waals surface area contributed by atoms with Crippen LogP contribution in [0.25, 0.3) is 22.2 Å². The van der Waals surface area contributed by atoms with Gasteiger partial charge >= 0.3 is 0 Å². The zero-order valence-corrected chi connectivity index (χ0v) is 20.1. The molecule has 1 aliphatic heterocycles. The smallest absolute Gasteiger partial charge is 0.211 e. The fourth-order valence-corrected chi connectivity index (χ4v) is 4.98. The topological polar surface area (TPSA) is 84.7 Å². The molecule has 1 N–H and O–H groups in total. The highest BCUT2D eigenvalue weighted by molar-refractivity contribution is 7.15. The Morgan fingerprint density at radius 2 is 1.94 bits per heavy atom. The van der Waals surface area contributed by atoms with E-state index in [0.717, 1.165) is 64.0 Å². The average molecular weight is 463 g/mol. The summed E-state index contributed by atoms with van der Waals surface area (Å²) in [4.78, 5) is 11.9. The van der Waals surface area contributed by atoms with E-state index < -0.39 is 0 Å². The number of hydrogen-bond acceptors (Lipinski definition) is 8. The van der Waals surface area contributed by atoms with Gasteiger partial charge in [-0.3, -0.25) is 9.67 Å². The van der Waals surface area contributed by atoms with Crippen molar-refractivity contribution < 1.29 is 0 Å². The van der Waals surface area contributed by atoms with Gasteiger partial charge in [0.2, 0.25) is 5.13 Å². The van der Waals surface area contributed by atoms with Gasteiger partial charge in [0.1, 0.15) is 10.8 Å². The zero-order chi connectivity index (χ0) is 22.6. The van der Waals surface area contributed by atoms with Crippen LogP contribution in [0.4, 0.5) is 10.9 Å². The van der Waals surface area contributed by atoms with Gasteiger partial charge in [-0.1, -0.05) is 25.2 Å². The number of likely N-dealkylation sites (tertiary alicyclic amines) is 1. The Bertz CT molecular complexity index is 1210. The molecule has 0 bridgehead atoms. The maximum absolute atomic E-state index is 4.76. The second kappa shape index (κ2) is 9.93. The first-order chi connectivity index (χ1) is 16.2. The van der Waals surface area contributed by atoms with E-state index in [9.17, 15) is 0 Å². The molecule has 33 heavy (non-hydrogen) atoms. The molecule has 0 spiro atoms. The summed E-state index contributed by atoms with van der Waals surface area (Å²) >= 11 is 1.58. The van der Waals surface area contributed by atoms with E-state index in [-0.39, 0.29) is 0 Å². The highest BCUT2D eigenvalue weighted by Crippen LogP contribution is 2.28. The molecule has 5 rings (SSSR count). The summed E-state index contributed by atoms with van der Waals surface area (Å²) < 4.78 is 2.03. The van der Waals surface area contributed by atoms with Crippen LogP contribution in [0.3, 0.4) is 0 Å². The number of aromatic nitrogens is 6. The Morgan fingerprint density at radius 1 is 1.06 bits per heavy atom. The average Bonchev–Trinajstić information content (AvgIpc) is 3.61. The van der Waals surface area contributed by atoms with E-state index in [1.54, 1.807) is 11.3 Å². The molecule has 1 atom stereocenters. The highest BCUT2D eigenvalue weighted by atomic mass is 32.1. The SMILES string of the molecule is CCC(C)c1nnc(Nc2ccc3ncc(-c4cnn(CCCN5CCCC5)c4)cc3n2)s1. The van der Waals surface area contributed by atoms with Crippen LogP contribution in [-0.2, 0) is 6.54 Å². The number of hydrogen-bond donors (Lipinski definition) is 1. The Labute approximate surface area is 198 Å². The lowest BCUT2D eigenvalue weighted by atomic mass is 10.1. The van der Waals surface area contributed by atoms with E-state index in [0.29, 0.717) is 5.92 Å². The lowest BCUT2D eigenvalue weighted by Crippen LogP contribution is -2.21. The van der Waals surface area contributed by atoms with Gasteiger partial charge in [0.15, 0.2) is 0 Å². The molecule has 172 valence electrons. The van der Waals surface area contributed by atoms with Crippen molar-refractivity contribution in [2.45, 2.75) is 52.0 Å². The van der Waals surface area contributed by atoms with Gasteiger partial charge in [0.25, 0.3) is 0 Å². The van der Waals surface area contributed by atoms with Gasteiger partial charge in [-0.25, -0.2) is 4.98 Å². The molecule has 1 saturated heterocycles. The maximum Gasteiger partial charge on any atom is 0.211 e. The molecular formula is C24H30N8S. The number of nitrogens with zero attached hydrogens (tertiary/aromatic N) is 7. The molecule has 0 aliphatic carbocycles. The largest absolute Gasteiger partial charge is 0.315 e. The fraction of sp³-hybridized carbons (Fsp3) is 0.458. The predicted octanol–water partition coefficient (Wildman–Crippen LogP) is 5.09. The third-order valence-electron chi connectivity index (χ3n) is 6.27. The molecule has 0 amide bonds. The number of anilines is 2. The van der Waals surface area contributed by atoms with E-state index in [1.807, 2.05) is 29.2 Å². The second-order valence-corrected chi connectivity index (χ2v) is 9.74. The van der Waals surface area contributed by atoms with E-state index in [4.69, 9.17) is 4.98 Å². The minimum Gasteiger partial charge on any atom is -0.315 e. The lowest BCUT2D eigenvalue weighted by molar-refractivity contribution is 0.322. The molecule has 0 radical (unpaired) electrons. The van der Waals surface area contributed by atoms with Gasteiger partial charge in [0, 0.05) is 36.0 Å². The lowest BCUT2D eigenvalue weighted by Gasteiger charge is -2.13. The van der Waals surface area contributed by atoms with Crippen molar-refractivity contribution in [1.82, 2.24) is 34.8 Å². The monoisotopic (exact) mass is 462 g/mol. The number of rotatable bonds is 9. The third kappa shape index (κ3) is 5.20. The summed E-state index contributed by atoms with van der Waals surface area (Å²) in [6.07, 6.45) is 10.8. The van der Waals surface area contributed by atoms with Crippen molar-refractivity contribution in [3.63, 3.8) is 0 Å². The maximum atomic E-state index is 4.76. The second-order valence-electron chi connectivity index (χ2n) is 8.73. The minimum atomic E-state index is 0.413. The summed E-state index contributed by atoms with van der Waals surface area (Å²) in [5.41, 5.74) is 3.78. The van der Waals surface area contributed by atoms with Crippen molar-refractivity contribution in [2.75, 3.05) is 25.0 Å². The van der Waals surface area contributed by atoms with Crippen LogP contribution in [0.2, 0.25) is 0 Å². The summed E-state index contributed by atoms with van der Waals surface area (Å²) in [7, 11) is 0. The highest BCUT2D eigenvalue weighted by Gasteiger charge is 2.12. The van der Waals surface area contributed by atoms with Crippen molar-refractivity contribution in [3.05, 3.63) is 41.8 Å². The van der Waals surface area contributed by atoms with Gasteiger partial charge < -0.3 is 10.2 Å². The molecule has 4 aromatic rings. The van der Waals surface area contributed by atoms with Crippen molar-refractivity contribution in [2.24, 2.45) is 0 Å². The van der Waals surface area contributed by atoms with Crippen molar-refractivity contribution >= 4 is 33.3 Å². The first-order valence-electron chi connectivity index (χ1n) is 11.8. The third-order valence-corrected chi connectivity index (χ3v) is 7.34. The molecular weight excluding hydrogens is 432 g/mol. The Morgan fingerprint density at radius 3 is 2.79 bits per heavy atom. The molecule has 4 aromatic heterocycles. The number of fused-ring (bicyclic) bond motifs is 1. The van der Waals surface area contributed by atoms with Crippen LogP contribution < -0.4 is 5.32 Å². The van der Waals surface area contributed by atoms with E-state index in [2.05, 4.69) is 56.6 Å². The van der Waals surface area contributed by atoms with Crippen LogP contribution in [0.5, 0.6) is 0 Å². The quantitative estimate of drug-likeness (QED) is 0.371. The van der Waals surface area contributed by atoms with Crippen LogP contribution in [0.1, 0.15) is 50.5 Å². The molecule has 8 nitrogen and oxygen atoms in total. The standard InChI is InChI=1S/C24H30N8S/c1-3-17(2)23-29-30-24(33-23)28-22-8-7-20-21(27-22)13-18(14-25-20)19-15-26-32(16-19)12-6-11-31-9-4-5-10-31/h7-8,13-17H,3-6,9-12H2,1-2H3,(H,27,28,30). The molecule has 0 aromatic carbocycles. The Hall–Kier alpha value is -2.91. The van der Waals surface area contributed by atoms with Gasteiger partial charge in [0.05, 0.1) is 17.2 Å². The first kappa shape index (κ1) is 21.9. The van der Waals surface area contributed by atoms with Crippen LogP contribution >= 0.6 is 11.3 Å². The summed E-state index contributed by atoms with van der Waals surface area (Å²) in [5, 5.41) is 18.2. The molecule has 1 fully saturated rings. The number of pyridine rings is 2. The normalized spacial score (nSPS) is 15.3. The van der Waals surface area contributed by atoms with E-state index >= 15 is 0 Å². The van der Waals surface area contributed by atoms with Crippen molar-refractivity contribution in [1.29, 1.82) is 0 Å². The zero-order valence-electron chi connectivity index (χ0n) is 19.2. The Kier molecular flexibility index (Phi) is 6.59. The summed E-state index contributed by atoms with van der Waals surface area (Å²) in [6, 6.07) is 5.98. The molecule has 9 heteroatoms. The Balaban J connectivity index is 1.27. The van der Waals surface area contributed by atoms with Gasteiger partial charge in [-0.15, -0.1) is 10.2 Å². The minimum absolute atomic E-state index is 0.413. The van der Waals surface area contributed by atoms with Gasteiger partial charge in [-0.2, -0.15) is 5.10 Å². The van der Waals surface area contributed by atoms with E-state index in [1.165, 1.54) is 25.9 Å².